The second kappa shape index (κ2) is 9.68. The van der Waals surface area contributed by atoms with Crippen molar-refractivity contribution in [2.45, 2.75) is 13.0 Å². The quantitative estimate of drug-likeness (QED) is 0.618. The van der Waals surface area contributed by atoms with Gasteiger partial charge in [0.15, 0.2) is 11.6 Å². The number of carbonyl (C=O) groups is 1. The van der Waals surface area contributed by atoms with Crippen LogP contribution < -0.4 is 19.7 Å². The molecule has 1 aliphatic rings. The van der Waals surface area contributed by atoms with Gasteiger partial charge in [0, 0.05) is 43.5 Å². The van der Waals surface area contributed by atoms with Gasteiger partial charge in [-0.25, -0.2) is 23.5 Å². The predicted octanol–water partition coefficient (Wildman–Crippen LogP) is 4.30. The van der Waals surface area contributed by atoms with Crippen LogP contribution in [0.5, 0.6) is 17.4 Å². The molecule has 2 aromatic carbocycles. The van der Waals surface area contributed by atoms with Crippen LogP contribution in [0.15, 0.2) is 54.9 Å². The van der Waals surface area contributed by atoms with Crippen LogP contribution in [-0.2, 0) is 0 Å². The van der Waals surface area contributed by atoms with Crippen LogP contribution in [0, 0.1) is 11.6 Å². The summed E-state index contributed by atoms with van der Waals surface area (Å²) in [5.74, 6) is -0.282. The van der Waals surface area contributed by atoms with Gasteiger partial charge in [-0.05, 0) is 43.3 Å². The summed E-state index contributed by atoms with van der Waals surface area (Å²) in [6.45, 7) is 3.56. The molecule has 0 aliphatic carbocycles. The third kappa shape index (κ3) is 5.28. The minimum Gasteiger partial charge on any atom is -0.497 e. The Kier molecular flexibility index (Phi) is 6.53. The average molecular weight is 455 g/mol. The number of hydrogen-bond donors (Lipinski definition) is 1. The SMILES string of the molecule is COc1ccc(NC(=O)N2CCN(c3cc(Oc4ccc(F)c(F)c4)ncn3)C[C@@H]2C)cc1. The highest BCUT2D eigenvalue weighted by molar-refractivity contribution is 5.89. The van der Waals surface area contributed by atoms with E-state index < -0.39 is 11.6 Å². The number of methoxy groups -OCH3 is 1. The van der Waals surface area contributed by atoms with Crippen LogP contribution in [0.1, 0.15) is 6.92 Å². The molecule has 0 spiro atoms. The number of anilines is 2. The number of piperazine rings is 1. The second-order valence-corrected chi connectivity index (χ2v) is 7.54. The van der Waals surface area contributed by atoms with Crippen molar-refractivity contribution in [2.24, 2.45) is 0 Å². The van der Waals surface area contributed by atoms with Crippen molar-refractivity contribution in [2.75, 3.05) is 37.0 Å². The van der Waals surface area contributed by atoms with E-state index >= 15 is 0 Å². The summed E-state index contributed by atoms with van der Waals surface area (Å²) in [5.41, 5.74) is 0.685. The maximum atomic E-state index is 13.4. The normalized spacial score (nSPS) is 15.8. The first-order chi connectivity index (χ1) is 15.9. The largest absolute Gasteiger partial charge is 0.497 e. The van der Waals surface area contributed by atoms with Gasteiger partial charge in [0.1, 0.15) is 23.6 Å². The van der Waals surface area contributed by atoms with Crippen molar-refractivity contribution in [1.29, 1.82) is 0 Å². The van der Waals surface area contributed by atoms with E-state index in [4.69, 9.17) is 9.47 Å². The van der Waals surface area contributed by atoms with Crippen molar-refractivity contribution in [3.63, 3.8) is 0 Å². The van der Waals surface area contributed by atoms with Gasteiger partial charge in [0.25, 0.3) is 0 Å². The predicted molar refractivity (Wildman–Crippen MR) is 119 cm³/mol. The molecule has 0 radical (unpaired) electrons. The van der Waals surface area contributed by atoms with Gasteiger partial charge >= 0.3 is 6.03 Å². The van der Waals surface area contributed by atoms with Crippen LogP contribution >= 0.6 is 0 Å². The summed E-state index contributed by atoms with van der Waals surface area (Å²) in [5, 5.41) is 2.90. The fourth-order valence-electron chi connectivity index (χ4n) is 3.56. The molecule has 3 aromatic rings. The molecule has 8 nitrogen and oxygen atoms in total. The molecule has 1 saturated heterocycles. The molecule has 1 atom stereocenters. The topological polar surface area (TPSA) is 79.8 Å². The van der Waals surface area contributed by atoms with Crippen molar-refractivity contribution in [3.8, 4) is 17.4 Å². The smallest absolute Gasteiger partial charge is 0.322 e. The Morgan fingerprint density at radius 2 is 1.79 bits per heavy atom. The number of benzene rings is 2. The monoisotopic (exact) mass is 455 g/mol. The molecule has 2 amide bonds. The number of amides is 2. The summed E-state index contributed by atoms with van der Waals surface area (Å²) < 4.78 is 37.2. The molecule has 10 heteroatoms. The summed E-state index contributed by atoms with van der Waals surface area (Å²) in [6, 6.07) is 11.8. The highest BCUT2D eigenvalue weighted by atomic mass is 19.2. The lowest BCUT2D eigenvalue weighted by atomic mass is 10.2. The molecule has 1 fully saturated rings. The number of aromatic nitrogens is 2. The number of halogens is 2. The average Bonchev–Trinajstić information content (AvgIpc) is 2.82. The lowest BCUT2D eigenvalue weighted by Gasteiger charge is -2.40. The highest BCUT2D eigenvalue weighted by Crippen LogP contribution is 2.25. The first kappa shape index (κ1) is 22.3. The van der Waals surface area contributed by atoms with E-state index in [9.17, 15) is 13.6 Å². The van der Waals surface area contributed by atoms with Gasteiger partial charge in [-0.3, -0.25) is 0 Å². The van der Waals surface area contributed by atoms with Crippen molar-refractivity contribution in [1.82, 2.24) is 14.9 Å². The fraction of sp³-hybridized carbons (Fsp3) is 0.261. The van der Waals surface area contributed by atoms with Gasteiger partial charge in [-0.2, -0.15) is 0 Å². The second-order valence-electron chi connectivity index (χ2n) is 7.54. The standard InChI is InChI=1S/C23H23F2N5O3/c1-15-13-29(9-10-30(15)23(31)28-16-3-5-17(32-2)6-4-16)21-12-22(27-14-26-21)33-18-7-8-19(24)20(25)11-18/h3-8,11-12,14-15H,9-10,13H2,1-2H3,(H,28,31)/t15-/m0/s1. The molecule has 2 heterocycles. The molecule has 1 aliphatic heterocycles. The third-order valence-electron chi connectivity index (χ3n) is 5.29. The van der Waals surface area contributed by atoms with Gasteiger partial charge in [-0.1, -0.05) is 0 Å². The summed E-state index contributed by atoms with van der Waals surface area (Å²) in [7, 11) is 1.59. The lowest BCUT2D eigenvalue weighted by molar-refractivity contribution is 0.184. The van der Waals surface area contributed by atoms with E-state index in [2.05, 4.69) is 15.3 Å². The zero-order chi connectivity index (χ0) is 23.4. The number of ether oxygens (including phenoxy) is 2. The van der Waals surface area contributed by atoms with Crippen molar-refractivity contribution in [3.05, 3.63) is 66.5 Å². The zero-order valence-electron chi connectivity index (χ0n) is 18.2. The molecule has 172 valence electrons. The molecule has 0 bridgehead atoms. The summed E-state index contributed by atoms with van der Waals surface area (Å²) >= 11 is 0. The molecule has 1 aromatic heterocycles. The number of nitrogens with zero attached hydrogens (tertiary/aromatic N) is 4. The van der Waals surface area contributed by atoms with Crippen LogP contribution in [-0.4, -0.2) is 53.7 Å². The Balaban J connectivity index is 1.38. The van der Waals surface area contributed by atoms with E-state index in [-0.39, 0.29) is 23.7 Å². The number of hydrogen-bond acceptors (Lipinski definition) is 6. The minimum absolute atomic E-state index is 0.0810. The Morgan fingerprint density at radius 3 is 2.48 bits per heavy atom. The molecular weight excluding hydrogens is 432 g/mol. The van der Waals surface area contributed by atoms with E-state index in [0.717, 1.165) is 12.1 Å². The Morgan fingerprint density at radius 1 is 1.03 bits per heavy atom. The maximum absolute atomic E-state index is 13.4. The Labute approximate surface area is 189 Å². The van der Waals surface area contributed by atoms with Gasteiger partial charge < -0.3 is 24.6 Å². The lowest BCUT2D eigenvalue weighted by Crippen LogP contribution is -2.55. The third-order valence-corrected chi connectivity index (χ3v) is 5.29. The van der Waals surface area contributed by atoms with Crippen LogP contribution in [0.2, 0.25) is 0 Å². The van der Waals surface area contributed by atoms with E-state index in [1.807, 2.05) is 11.8 Å². The van der Waals surface area contributed by atoms with Crippen LogP contribution in [0.25, 0.3) is 0 Å². The molecule has 1 N–H and O–H groups in total. The number of carbonyl (C=O) groups excluding carboxylic acids is 1. The van der Waals surface area contributed by atoms with Crippen molar-refractivity contribution >= 4 is 17.5 Å². The number of nitrogens with one attached hydrogen (secondary N) is 1. The van der Waals surface area contributed by atoms with E-state index in [1.54, 1.807) is 42.3 Å². The Hall–Kier alpha value is -3.95. The Bertz CT molecular complexity index is 1130. The fourth-order valence-corrected chi connectivity index (χ4v) is 3.56. The molecule has 4 rings (SSSR count). The number of urea groups is 1. The summed E-state index contributed by atoms with van der Waals surface area (Å²) in [4.78, 5) is 24.9. The molecule has 0 unspecified atom stereocenters. The van der Waals surface area contributed by atoms with Gasteiger partial charge in [0.05, 0.1) is 7.11 Å². The highest BCUT2D eigenvalue weighted by Gasteiger charge is 2.28. The van der Waals surface area contributed by atoms with Crippen molar-refractivity contribution < 1.29 is 23.0 Å². The summed E-state index contributed by atoms with van der Waals surface area (Å²) in [6.07, 6.45) is 1.35. The molecular formula is C23H23F2N5O3. The van der Waals surface area contributed by atoms with Gasteiger partial charge in [-0.15, -0.1) is 0 Å². The van der Waals surface area contributed by atoms with E-state index in [1.165, 1.54) is 12.4 Å². The van der Waals surface area contributed by atoms with Gasteiger partial charge in [0.2, 0.25) is 5.88 Å². The minimum atomic E-state index is -1.00. The first-order valence-corrected chi connectivity index (χ1v) is 10.3. The zero-order valence-corrected chi connectivity index (χ0v) is 18.2. The maximum Gasteiger partial charge on any atom is 0.322 e. The molecule has 0 saturated carbocycles. The number of rotatable bonds is 5. The molecule has 33 heavy (non-hydrogen) atoms. The first-order valence-electron chi connectivity index (χ1n) is 10.3. The van der Waals surface area contributed by atoms with E-state index in [0.29, 0.717) is 36.9 Å². The van der Waals surface area contributed by atoms with Crippen LogP contribution in [0.3, 0.4) is 0 Å². The van der Waals surface area contributed by atoms with Crippen LogP contribution in [0.4, 0.5) is 25.1 Å².